The third-order valence-corrected chi connectivity index (χ3v) is 3.44. The molecule has 1 fully saturated rings. The zero-order valence-electron chi connectivity index (χ0n) is 12.8. The molecule has 1 aromatic rings. The summed E-state index contributed by atoms with van der Waals surface area (Å²) in [5, 5.41) is 2.85. The van der Waals surface area contributed by atoms with Crippen LogP contribution in [0.3, 0.4) is 0 Å². The van der Waals surface area contributed by atoms with Crippen LogP contribution >= 0.6 is 0 Å². The van der Waals surface area contributed by atoms with Crippen LogP contribution in [0.2, 0.25) is 0 Å². The van der Waals surface area contributed by atoms with Crippen molar-refractivity contribution in [3.63, 3.8) is 0 Å². The number of alkyl carbamates (subject to hydrolysis) is 1. The number of benzene rings is 1. The van der Waals surface area contributed by atoms with Crippen LogP contribution in [0.4, 0.5) is 4.79 Å². The van der Waals surface area contributed by atoms with Gasteiger partial charge in [-0.15, -0.1) is 0 Å². The molecule has 0 saturated carbocycles. The highest BCUT2D eigenvalue weighted by Gasteiger charge is 2.37. The number of rotatable bonds is 5. The molecule has 1 aromatic carbocycles. The van der Waals surface area contributed by atoms with Gasteiger partial charge in [-0.25, -0.2) is 4.79 Å². The number of nitrogens with one attached hydrogen (secondary N) is 1. The van der Waals surface area contributed by atoms with E-state index in [0.717, 1.165) is 12.0 Å². The summed E-state index contributed by atoms with van der Waals surface area (Å²) in [6.07, 6.45) is 0.179. The van der Waals surface area contributed by atoms with Gasteiger partial charge in [0.25, 0.3) is 0 Å². The van der Waals surface area contributed by atoms with E-state index in [0.29, 0.717) is 6.61 Å². The van der Waals surface area contributed by atoms with Crippen molar-refractivity contribution in [1.29, 1.82) is 0 Å². The van der Waals surface area contributed by atoms with Gasteiger partial charge in [-0.2, -0.15) is 0 Å². The predicted molar refractivity (Wildman–Crippen MR) is 78.7 cm³/mol. The molecular weight excluding hydrogens is 270 g/mol. The second kappa shape index (κ2) is 6.91. The number of amides is 1. The Morgan fingerprint density at radius 3 is 2.71 bits per heavy atom. The van der Waals surface area contributed by atoms with Crippen LogP contribution in [-0.4, -0.2) is 30.6 Å². The maximum absolute atomic E-state index is 11.9. The average Bonchev–Trinajstić information content (AvgIpc) is 2.83. The molecule has 1 aliphatic heterocycles. The highest BCUT2D eigenvalue weighted by Crippen LogP contribution is 2.25. The predicted octanol–water partition coefficient (Wildman–Crippen LogP) is 2.84. The molecule has 116 valence electrons. The Morgan fingerprint density at radius 1 is 1.43 bits per heavy atom. The summed E-state index contributed by atoms with van der Waals surface area (Å²) in [5.74, 6) is -0.590. The van der Waals surface area contributed by atoms with Gasteiger partial charge in [0.15, 0.2) is 5.79 Å². The van der Waals surface area contributed by atoms with Crippen molar-refractivity contribution in [1.82, 2.24) is 5.32 Å². The Morgan fingerprint density at radius 2 is 2.14 bits per heavy atom. The molecular formula is C16H23NO4. The SMILES string of the molecule is CC[C@H](NC(=O)OCc1ccccc1)[C@@H]1COC(C)(C)O1. The van der Waals surface area contributed by atoms with E-state index in [1.807, 2.05) is 51.1 Å². The normalized spacial score (nSPS) is 21.8. The van der Waals surface area contributed by atoms with Gasteiger partial charge in [-0.3, -0.25) is 0 Å². The second-order valence-electron chi connectivity index (χ2n) is 5.59. The first-order chi connectivity index (χ1) is 10.00. The molecule has 21 heavy (non-hydrogen) atoms. The molecule has 5 nitrogen and oxygen atoms in total. The van der Waals surface area contributed by atoms with Gasteiger partial charge in [-0.1, -0.05) is 37.3 Å². The highest BCUT2D eigenvalue weighted by atomic mass is 16.7. The van der Waals surface area contributed by atoms with Crippen LogP contribution in [0.25, 0.3) is 0 Å². The molecule has 1 saturated heterocycles. The Bertz CT molecular complexity index is 461. The second-order valence-corrected chi connectivity index (χ2v) is 5.59. The zero-order chi connectivity index (χ0) is 15.3. The molecule has 2 rings (SSSR count). The Labute approximate surface area is 125 Å². The molecule has 0 aliphatic carbocycles. The molecule has 0 radical (unpaired) electrons. The van der Waals surface area contributed by atoms with E-state index in [2.05, 4.69) is 5.32 Å². The monoisotopic (exact) mass is 293 g/mol. The number of hydrogen-bond acceptors (Lipinski definition) is 4. The maximum Gasteiger partial charge on any atom is 0.407 e. The van der Waals surface area contributed by atoms with Crippen LogP contribution in [0.15, 0.2) is 30.3 Å². The lowest BCUT2D eigenvalue weighted by atomic mass is 10.1. The van der Waals surface area contributed by atoms with Crippen LogP contribution in [0, 0.1) is 0 Å². The van der Waals surface area contributed by atoms with E-state index >= 15 is 0 Å². The van der Waals surface area contributed by atoms with Crippen molar-refractivity contribution in [2.24, 2.45) is 0 Å². The minimum atomic E-state index is -0.590. The number of carbonyl (C=O) groups excluding carboxylic acids is 1. The van der Waals surface area contributed by atoms with Crippen molar-refractivity contribution in [3.05, 3.63) is 35.9 Å². The zero-order valence-corrected chi connectivity index (χ0v) is 12.8. The largest absolute Gasteiger partial charge is 0.445 e. The van der Waals surface area contributed by atoms with Gasteiger partial charge in [0.2, 0.25) is 0 Å². The van der Waals surface area contributed by atoms with Crippen LogP contribution < -0.4 is 5.32 Å². The number of ether oxygens (including phenoxy) is 3. The minimum Gasteiger partial charge on any atom is -0.445 e. The van der Waals surface area contributed by atoms with Gasteiger partial charge >= 0.3 is 6.09 Å². The molecule has 1 aliphatic rings. The first-order valence-corrected chi connectivity index (χ1v) is 7.29. The van der Waals surface area contributed by atoms with E-state index in [4.69, 9.17) is 14.2 Å². The van der Waals surface area contributed by atoms with Gasteiger partial charge in [-0.05, 0) is 25.8 Å². The summed E-state index contributed by atoms with van der Waals surface area (Å²) in [5.41, 5.74) is 0.960. The lowest BCUT2D eigenvalue weighted by Crippen LogP contribution is -2.44. The van der Waals surface area contributed by atoms with E-state index < -0.39 is 11.9 Å². The molecule has 0 bridgehead atoms. The fourth-order valence-corrected chi connectivity index (χ4v) is 2.29. The van der Waals surface area contributed by atoms with Gasteiger partial charge in [0.1, 0.15) is 12.7 Å². The summed E-state index contributed by atoms with van der Waals surface area (Å²) < 4.78 is 16.5. The topological polar surface area (TPSA) is 56.8 Å². The summed E-state index contributed by atoms with van der Waals surface area (Å²) in [6, 6.07) is 9.47. The Balaban J connectivity index is 1.80. The lowest BCUT2D eigenvalue weighted by molar-refractivity contribution is -0.141. The van der Waals surface area contributed by atoms with Crippen LogP contribution in [0.1, 0.15) is 32.8 Å². The molecule has 5 heteroatoms. The third kappa shape index (κ3) is 4.72. The van der Waals surface area contributed by atoms with E-state index in [1.165, 1.54) is 0 Å². The Kier molecular flexibility index (Phi) is 5.20. The summed E-state index contributed by atoms with van der Waals surface area (Å²) >= 11 is 0. The molecule has 1 N–H and O–H groups in total. The first-order valence-electron chi connectivity index (χ1n) is 7.29. The smallest absolute Gasteiger partial charge is 0.407 e. The van der Waals surface area contributed by atoms with Crippen molar-refractivity contribution >= 4 is 6.09 Å². The van der Waals surface area contributed by atoms with Crippen molar-refractivity contribution in [3.8, 4) is 0 Å². The quantitative estimate of drug-likeness (QED) is 0.907. The van der Waals surface area contributed by atoms with Gasteiger partial charge in [0.05, 0.1) is 12.6 Å². The molecule has 2 atom stereocenters. The average molecular weight is 293 g/mol. The van der Waals surface area contributed by atoms with E-state index in [1.54, 1.807) is 0 Å². The van der Waals surface area contributed by atoms with Crippen molar-refractivity contribution in [2.45, 2.75) is 51.7 Å². The van der Waals surface area contributed by atoms with Crippen LogP contribution in [-0.2, 0) is 20.8 Å². The fourth-order valence-electron chi connectivity index (χ4n) is 2.29. The highest BCUT2D eigenvalue weighted by molar-refractivity contribution is 5.67. The summed E-state index contributed by atoms with van der Waals surface area (Å²) in [6.45, 7) is 6.47. The van der Waals surface area contributed by atoms with Gasteiger partial charge in [0, 0.05) is 0 Å². The molecule has 0 unspecified atom stereocenters. The van der Waals surface area contributed by atoms with Crippen LogP contribution in [0.5, 0.6) is 0 Å². The first kappa shape index (κ1) is 15.8. The fraction of sp³-hybridized carbons (Fsp3) is 0.562. The minimum absolute atomic E-state index is 0.116. The van der Waals surface area contributed by atoms with Crippen molar-refractivity contribution < 1.29 is 19.0 Å². The Hall–Kier alpha value is -1.59. The molecule has 1 amide bonds. The molecule has 0 spiro atoms. The standard InChI is InChI=1S/C16H23NO4/c1-4-13(14-11-20-16(2,3)21-14)17-15(18)19-10-12-8-6-5-7-9-12/h5-9,13-14H,4,10-11H2,1-3H3,(H,17,18)/t13-,14-/m0/s1. The number of carbonyl (C=O) groups is 1. The van der Waals surface area contributed by atoms with E-state index in [-0.39, 0.29) is 18.8 Å². The number of hydrogen-bond donors (Lipinski definition) is 1. The summed E-state index contributed by atoms with van der Waals surface area (Å²) in [7, 11) is 0. The van der Waals surface area contributed by atoms with Crippen molar-refractivity contribution in [2.75, 3.05) is 6.61 Å². The van der Waals surface area contributed by atoms with Gasteiger partial charge < -0.3 is 19.5 Å². The molecule has 1 heterocycles. The van der Waals surface area contributed by atoms with E-state index in [9.17, 15) is 4.79 Å². The molecule has 0 aromatic heterocycles. The lowest BCUT2D eigenvalue weighted by Gasteiger charge is -2.23. The third-order valence-electron chi connectivity index (χ3n) is 3.44. The maximum atomic E-state index is 11.9. The summed E-state index contributed by atoms with van der Waals surface area (Å²) in [4.78, 5) is 11.9.